The van der Waals surface area contributed by atoms with Crippen LogP contribution in [-0.2, 0) is 19.4 Å². The van der Waals surface area contributed by atoms with E-state index >= 15 is 0 Å². The number of hydrogen-bond acceptors (Lipinski definition) is 5. The van der Waals surface area contributed by atoms with E-state index in [9.17, 15) is 0 Å². The van der Waals surface area contributed by atoms with Crippen LogP contribution in [-0.4, -0.2) is 16.5 Å². The van der Waals surface area contributed by atoms with Crippen LogP contribution in [0, 0.1) is 18.3 Å². The number of nitrogens with one attached hydrogen (secondary N) is 1. The van der Waals surface area contributed by atoms with Gasteiger partial charge in [0.05, 0.1) is 10.7 Å². The summed E-state index contributed by atoms with van der Waals surface area (Å²) >= 11 is 1.78. The van der Waals surface area contributed by atoms with Gasteiger partial charge in [0.15, 0.2) is 0 Å². The van der Waals surface area contributed by atoms with Gasteiger partial charge in [-0.1, -0.05) is 0 Å². The van der Waals surface area contributed by atoms with Crippen LogP contribution in [0.1, 0.15) is 32.5 Å². The summed E-state index contributed by atoms with van der Waals surface area (Å²) in [6, 6.07) is 5.94. The van der Waals surface area contributed by atoms with Crippen molar-refractivity contribution in [2.24, 2.45) is 0 Å². The second-order valence-corrected chi connectivity index (χ2v) is 5.88. The molecule has 0 aliphatic carbocycles. The summed E-state index contributed by atoms with van der Waals surface area (Å²) in [7, 11) is 0. The summed E-state index contributed by atoms with van der Waals surface area (Å²) in [5, 5.41) is 13.4. The van der Waals surface area contributed by atoms with Crippen molar-refractivity contribution in [3.63, 3.8) is 0 Å². The Kier molecular flexibility index (Phi) is 3.28. The average Bonchev–Trinajstić information content (AvgIpc) is 2.80. The summed E-state index contributed by atoms with van der Waals surface area (Å²) in [6.07, 6.45) is 1.78. The van der Waals surface area contributed by atoms with Gasteiger partial charge in [0.1, 0.15) is 11.8 Å². The van der Waals surface area contributed by atoms with Crippen LogP contribution in [0.3, 0.4) is 0 Å². The van der Waals surface area contributed by atoms with Gasteiger partial charge in [0.2, 0.25) is 0 Å². The Bertz CT molecular complexity index is 630. The van der Waals surface area contributed by atoms with E-state index in [1.165, 1.54) is 10.6 Å². The lowest BCUT2D eigenvalue weighted by Gasteiger charge is -2.09. The molecule has 0 radical (unpaired) electrons. The van der Waals surface area contributed by atoms with Crippen molar-refractivity contribution in [3.05, 3.63) is 44.7 Å². The maximum Gasteiger partial charge on any atom is 0.141 e. The molecule has 0 saturated carbocycles. The van der Waals surface area contributed by atoms with E-state index < -0.39 is 0 Å². The van der Waals surface area contributed by atoms with Crippen molar-refractivity contribution in [1.82, 2.24) is 15.3 Å². The lowest BCUT2D eigenvalue weighted by atomic mass is 10.2. The Labute approximate surface area is 116 Å². The topological polar surface area (TPSA) is 61.6 Å². The number of aromatic nitrogens is 2. The molecule has 4 nitrogen and oxygen atoms in total. The van der Waals surface area contributed by atoms with Crippen LogP contribution >= 0.6 is 11.3 Å². The van der Waals surface area contributed by atoms with Crippen LogP contribution in [0.15, 0.2) is 12.1 Å². The Morgan fingerprint density at radius 1 is 1.42 bits per heavy atom. The van der Waals surface area contributed by atoms with Crippen molar-refractivity contribution >= 4 is 11.3 Å². The maximum absolute atomic E-state index is 8.95. The smallest absolute Gasteiger partial charge is 0.141 e. The van der Waals surface area contributed by atoms with E-state index in [4.69, 9.17) is 5.26 Å². The molecule has 0 saturated heterocycles. The molecule has 0 bridgehead atoms. The van der Waals surface area contributed by atoms with Gasteiger partial charge in [-0.05, 0) is 31.0 Å². The third-order valence-electron chi connectivity index (χ3n) is 3.11. The summed E-state index contributed by atoms with van der Waals surface area (Å²) in [6.45, 7) is 3.90. The van der Waals surface area contributed by atoms with Crippen LogP contribution in [0.2, 0.25) is 0 Å². The Hall–Kier alpha value is -1.77. The highest BCUT2D eigenvalue weighted by atomic mass is 32.1. The molecule has 3 heterocycles. The molecule has 2 aromatic heterocycles. The second kappa shape index (κ2) is 5.08. The van der Waals surface area contributed by atoms with Crippen molar-refractivity contribution in [2.75, 3.05) is 6.54 Å². The number of rotatable bonds is 2. The number of pyridine rings is 1. The molecule has 0 amide bonds. The number of thiazole rings is 1. The van der Waals surface area contributed by atoms with Crippen molar-refractivity contribution in [1.29, 1.82) is 5.26 Å². The number of hydrogen-bond donors (Lipinski definition) is 1. The molecule has 1 aliphatic rings. The van der Waals surface area contributed by atoms with E-state index in [2.05, 4.69) is 21.4 Å². The SMILES string of the molecule is Cc1cc(C#N)nc(Cc2nc3c(s2)CCNC3)c1. The zero-order valence-corrected chi connectivity index (χ0v) is 11.5. The predicted octanol–water partition coefficient (Wildman–Crippen LogP) is 1.95. The van der Waals surface area contributed by atoms with E-state index in [0.29, 0.717) is 12.1 Å². The standard InChI is InChI=1S/C14H14N4S/c1-9-4-10(17-11(5-9)7-15)6-14-18-12-8-16-3-2-13(12)19-14/h4-5,16H,2-3,6,8H2,1H3. The molecule has 1 aliphatic heterocycles. The third kappa shape index (κ3) is 2.65. The first-order valence-electron chi connectivity index (χ1n) is 6.30. The van der Waals surface area contributed by atoms with E-state index in [1.54, 1.807) is 17.4 Å². The normalized spacial score (nSPS) is 13.9. The summed E-state index contributed by atoms with van der Waals surface area (Å²) in [4.78, 5) is 10.4. The lowest BCUT2D eigenvalue weighted by Crippen LogP contribution is -2.22. The minimum Gasteiger partial charge on any atom is -0.311 e. The molecule has 0 fully saturated rings. The molecule has 0 spiro atoms. The molecule has 0 atom stereocenters. The Morgan fingerprint density at radius 2 is 2.32 bits per heavy atom. The van der Waals surface area contributed by atoms with Crippen molar-refractivity contribution in [2.45, 2.75) is 26.3 Å². The molecule has 0 unspecified atom stereocenters. The van der Waals surface area contributed by atoms with Gasteiger partial charge in [-0.2, -0.15) is 5.26 Å². The lowest BCUT2D eigenvalue weighted by molar-refractivity contribution is 0.637. The quantitative estimate of drug-likeness (QED) is 0.906. The van der Waals surface area contributed by atoms with Gasteiger partial charge in [-0.3, -0.25) is 0 Å². The first kappa shape index (κ1) is 12.3. The Morgan fingerprint density at radius 3 is 3.11 bits per heavy atom. The summed E-state index contributed by atoms with van der Waals surface area (Å²) < 4.78 is 0. The number of nitriles is 1. The van der Waals surface area contributed by atoms with E-state index in [-0.39, 0.29) is 0 Å². The Balaban J connectivity index is 1.87. The number of fused-ring (bicyclic) bond motifs is 1. The minimum absolute atomic E-state index is 0.484. The molecule has 0 aromatic carbocycles. The van der Waals surface area contributed by atoms with Crippen molar-refractivity contribution in [3.8, 4) is 6.07 Å². The molecule has 1 N–H and O–H groups in total. The van der Waals surface area contributed by atoms with Crippen LogP contribution in [0.5, 0.6) is 0 Å². The monoisotopic (exact) mass is 270 g/mol. The van der Waals surface area contributed by atoms with Crippen LogP contribution < -0.4 is 5.32 Å². The molecule has 3 rings (SSSR count). The molecular formula is C14H14N4S. The zero-order chi connectivity index (χ0) is 13.2. The molecule has 96 valence electrons. The number of nitrogens with zero attached hydrogens (tertiary/aromatic N) is 3. The first-order valence-corrected chi connectivity index (χ1v) is 7.12. The fourth-order valence-electron chi connectivity index (χ4n) is 2.30. The average molecular weight is 270 g/mol. The third-order valence-corrected chi connectivity index (χ3v) is 4.27. The zero-order valence-electron chi connectivity index (χ0n) is 10.7. The van der Waals surface area contributed by atoms with Gasteiger partial charge >= 0.3 is 0 Å². The van der Waals surface area contributed by atoms with Gasteiger partial charge in [0.25, 0.3) is 0 Å². The maximum atomic E-state index is 8.95. The predicted molar refractivity (Wildman–Crippen MR) is 74.0 cm³/mol. The van der Waals surface area contributed by atoms with E-state index in [1.807, 2.05) is 13.0 Å². The summed E-state index contributed by atoms with van der Waals surface area (Å²) in [5.74, 6) is 0. The van der Waals surface area contributed by atoms with Crippen molar-refractivity contribution < 1.29 is 0 Å². The van der Waals surface area contributed by atoms with Gasteiger partial charge < -0.3 is 5.32 Å². The van der Waals surface area contributed by atoms with Crippen LogP contribution in [0.4, 0.5) is 0 Å². The van der Waals surface area contributed by atoms with Gasteiger partial charge in [-0.25, -0.2) is 9.97 Å². The van der Waals surface area contributed by atoms with E-state index in [0.717, 1.165) is 35.8 Å². The summed E-state index contributed by atoms with van der Waals surface area (Å²) in [5.41, 5.74) is 3.66. The molecule has 5 heteroatoms. The highest BCUT2D eigenvalue weighted by Crippen LogP contribution is 2.23. The highest BCUT2D eigenvalue weighted by Gasteiger charge is 2.15. The minimum atomic E-state index is 0.484. The molecule has 2 aromatic rings. The number of aryl methyl sites for hydroxylation is 1. The highest BCUT2D eigenvalue weighted by molar-refractivity contribution is 7.11. The van der Waals surface area contributed by atoms with Gasteiger partial charge in [-0.15, -0.1) is 11.3 Å². The molecule has 19 heavy (non-hydrogen) atoms. The fourth-order valence-corrected chi connectivity index (χ4v) is 3.40. The second-order valence-electron chi connectivity index (χ2n) is 4.71. The fraction of sp³-hybridized carbons (Fsp3) is 0.357. The largest absolute Gasteiger partial charge is 0.311 e. The molecular weight excluding hydrogens is 256 g/mol. The first-order chi connectivity index (χ1) is 9.24. The van der Waals surface area contributed by atoms with Gasteiger partial charge in [0, 0.05) is 30.1 Å². The van der Waals surface area contributed by atoms with Crippen LogP contribution in [0.25, 0.3) is 0 Å².